The first-order chi connectivity index (χ1) is 16.6. The standard InChI is InChI=1S/C26H24ClN3O3S/c1-32-21-8-5-17(6-9-21)25-19(11-18-4-7-20(27)12-23(18)29-25)14-30(15-22-3-2-10-33-22)26(31)24-13-28-16-34-24/h4-9,11-13,16,22H,2-3,10,14-15H2,1H3/t22-/m1/s1. The van der Waals surface area contributed by atoms with Crippen molar-refractivity contribution in [2.75, 3.05) is 20.3 Å². The Balaban J connectivity index is 1.57. The van der Waals surface area contributed by atoms with E-state index in [4.69, 9.17) is 26.1 Å². The molecule has 0 radical (unpaired) electrons. The van der Waals surface area contributed by atoms with Crippen molar-refractivity contribution in [3.63, 3.8) is 0 Å². The SMILES string of the molecule is COc1ccc(-c2nc3cc(Cl)ccc3cc2CN(C[C@H]2CCCO2)C(=O)c2cncs2)cc1. The average Bonchev–Trinajstić information content (AvgIpc) is 3.58. The van der Waals surface area contributed by atoms with Crippen LogP contribution in [0.25, 0.3) is 22.2 Å². The third-order valence-electron chi connectivity index (χ3n) is 5.96. The van der Waals surface area contributed by atoms with Crippen molar-refractivity contribution in [1.82, 2.24) is 14.9 Å². The molecule has 0 aliphatic carbocycles. The summed E-state index contributed by atoms with van der Waals surface area (Å²) in [6.45, 7) is 1.67. The van der Waals surface area contributed by atoms with Crippen LogP contribution in [0, 0.1) is 0 Å². The Hall–Kier alpha value is -3.00. The second-order valence-corrected chi connectivity index (χ2v) is 9.57. The highest BCUT2D eigenvalue weighted by Gasteiger charge is 2.26. The van der Waals surface area contributed by atoms with E-state index >= 15 is 0 Å². The van der Waals surface area contributed by atoms with Gasteiger partial charge in [0.2, 0.25) is 0 Å². The number of benzene rings is 2. The maximum atomic E-state index is 13.4. The Morgan fingerprint density at radius 1 is 1.24 bits per heavy atom. The second kappa shape index (κ2) is 10.1. The molecule has 1 amide bonds. The molecular formula is C26H24ClN3O3S. The van der Waals surface area contributed by atoms with Crippen LogP contribution >= 0.6 is 22.9 Å². The molecule has 1 aliphatic rings. The molecule has 5 rings (SSSR count). The first-order valence-corrected chi connectivity index (χ1v) is 12.4. The van der Waals surface area contributed by atoms with Gasteiger partial charge in [-0.25, -0.2) is 4.98 Å². The van der Waals surface area contributed by atoms with Crippen LogP contribution in [0.4, 0.5) is 0 Å². The second-order valence-electron chi connectivity index (χ2n) is 8.25. The smallest absolute Gasteiger partial charge is 0.265 e. The van der Waals surface area contributed by atoms with E-state index in [0.29, 0.717) is 23.0 Å². The van der Waals surface area contributed by atoms with Crippen LogP contribution in [0.3, 0.4) is 0 Å². The molecule has 2 aromatic carbocycles. The number of hydrogen-bond donors (Lipinski definition) is 0. The predicted octanol–water partition coefficient (Wildman–Crippen LogP) is 5.84. The number of aromatic nitrogens is 2. The Morgan fingerprint density at radius 3 is 2.79 bits per heavy atom. The van der Waals surface area contributed by atoms with E-state index in [0.717, 1.165) is 52.9 Å². The van der Waals surface area contributed by atoms with Crippen LogP contribution in [0.5, 0.6) is 5.75 Å². The van der Waals surface area contributed by atoms with Crippen LogP contribution < -0.4 is 4.74 Å². The highest BCUT2D eigenvalue weighted by atomic mass is 35.5. The number of hydrogen-bond acceptors (Lipinski definition) is 6. The van der Waals surface area contributed by atoms with E-state index in [1.807, 2.05) is 47.4 Å². The number of methoxy groups -OCH3 is 1. The van der Waals surface area contributed by atoms with Crippen LogP contribution in [0.15, 0.2) is 60.2 Å². The number of rotatable bonds is 7. The number of carbonyl (C=O) groups is 1. The largest absolute Gasteiger partial charge is 0.497 e. The van der Waals surface area contributed by atoms with Gasteiger partial charge in [0.1, 0.15) is 10.6 Å². The van der Waals surface area contributed by atoms with Crippen molar-refractivity contribution >= 4 is 39.7 Å². The quantitative estimate of drug-likeness (QED) is 0.323. The number of fused-ring (bicyclic) bond motifs is 1. The Morgan fingerprint density at radius 2 is 2.09 bits per heavy atom. The van der Waals surface area contributed by atoms with Gasteiger partial charge in [0, 0.05) is 35.7 Å². The third-order valence-corrected chi connectivity index (χ3v) is 6.96. The van der Waals surface area contributed by atoms with Crippen LogP contribution in [-0.2, 0) is 11.3 Å². The summed E-state index contributed by atoms with van der Waals surface area (Å²) in [6.07, 6.45) is 3.63. The molecule has 4 aromatic rings. The topological polar surface area (TPSA) is 64.6 Å². The summed E-state index contributed by atoms with van der Waals surface area (Å²) in [4.78, 5) is 25.0. The van der Waals surface area contributed by atoms with Crippen LogP contribution in [-0.4, -0.2) is 47.1 Å². The molecule has 1 atom stereocenters. The molecule has 0 unspecified atom stereocenters. The number of pyridine rings is 1. The Bertz CT molecular complexity index is 1290. The van der Waals surface area contributed by atoms with Crippen LogP contribution in [0.2, 0.25) is 5.02 Å². The number of halogens is 1. The Kier molecular flexibility index (Phi) is 6.76. The highest BCUT2D eigenvalue weighted by molar-refractivity contribution is 7.11. The van der Waals surface area contributed by atoms with E-state index in [2.05, 4.69) is 11.1 Å². The molecule has 0 spiro atoms. The summed E-state index contributed by atoms with van der Waals surface area (Å²) in [7, 11) is 1.64. The number of carbonyl (C=O) groups excluding carboxylic acids is 1. The number of thiazole rings is 1. The van der Waals surface area contributed by atoms with Crippen molar-refractivity contribution < 1.29 is 14.3 Å². The summed E-state index contributed by atoms with van der Waals surface area (Å²) in [6, 6.07) is 15.6. The molecule has 0 bridgehead atoms. The highest BCUT2D eigenvalue weighted by Crippen LogP contribution is 2.30. The summed E-state index contributed by atoms with van der Waals surface area (Å²) >= 11 is 7.60. The van der Waals surface area contributed by atoms with Gasteiger partial charge in [0.05, 0.1) is 36.1 Å². The monoisotopic (exact) mass is 493 g/mol. The number of nitrogens with zero attached hydrogens (tertiary/aromatic N) is 3. The molecule has 6 nitrogen and oxygen atoms in total. The van der Waals surface area contributed by atoms with Gasteiger partial charge in [-0.3, -0.25) is 9.78 Å². The predicted molar refractivity (Wildman–Crippen MR) is 135 cm³/mol. The zero-order valence-corrected chi connectivity index (χ0v) is 20.3. The van der Waals surface area contributed by atoms with Gasteiger partial charge >= 0.3 is 0 Å². The molecular weight excluding hydrogens is 470 g/mol. The lowest BCUT2D eigenvalue weighted by atomic mass is 10.0. The van der Waals surface area contributed by atoms with Crippen molar-refractivity contribution in [3.8, 4) is 17.0 Å². The first kappa shape index (κ1) is 22.8. The van der Waals surface area contributed by atoms with Crippen molar-refractivity contribution in [1.29, 1.82) is 0 Å². The van der Waals surface area contributed by atoms with E-state index in [9.17, 15) is 4.79 Å². The molecule has 34 heavy (non-hydrogen) atoms. The lowest BCUT2D eigenvalue weighted by Gasteiger charge is -2.26. The van der Waals surface area contributed by atoms with Gasteiger partial charge in [-0.15, -0.1) is 11.3 Å². The van der Waals surface area contributed by atoms with Gasteiger partial charge in [-0.2, -0.15) is 0 Å². The Labute approximate surface area is 207 Å². The average molecular weight is 494 g/mol. The lowest BCUT2D eigenvalue weighted by Crippen LogP contribution is -2.36. The van der Waals surface area contributed by atoms with Crippen molar-refractivity contribution in [2.45, 2.75) is 25.5 Å². The lowest BCUT2D eigenvalue weighted by molar-refractivity contribution is 0.0511. The zero-order valence-electron chi connectivity index (χ0n) is 18.7. The van der Waals surface area contributed by atoms with Crippen molar-refractivity contribution in [3.05, 3.63) is 75.7 Å². The summed E-state index contributed by atoms with van der Waals surface area (Å²) in [5.74, 6) is 0.726. The molecule has 174 valence electrons. The normalized spacial score (nSPS) is 15.5. The fraction of sp³-hybridized carbons (Fsp3) is 0.269. The van der Waals surface area contributed by atoms with E-state index in [-0.39, 0.29) is 12.0 Å². The van der Waals surface area contributed by atoms with Crippen molar-refractivity contribution in [2.24, 2.45) is 0 Å². The van der Waals surface area contributed by atoms with Gasteiger partial charge < -0.3 is 14.4 Å². The third kappa shape index (κ3) is 4.92. The van der Waals surface area contributed by atoms with Gasteiger partial charge in [0.15, 0.2) is 0 Å². The maximum Gasteiger partial charge on any atom is 0.265 e. The molecule has 8 heteroatoms. The van der Waals surface area contributed by atoms with Gasteiger partial charge in [-0.05, 0) is 60.9 Å². The molecule has 3 heterocycles. The zero-order chi connectivity index (χ0) is 23.5. The summed E-state index contributed by atoms with van der Waals surface area (Å²) in [5, 5.41) is 1.60. The molecule has 0 N–H and O–H groups in total. The fourth-order valence-corrected chi connectivity index (χ4v) is 4.99. The van der Waals surface area contributed by atoms with Gasteiger partial charge in [-0.1, -0.05) is 17.7 Å². The molecule has 2 aromatic heterocycles. The minimum Gasteiger partial charge on any atom is -0.497 e. The molecule has 0 saturated carbocycles. The summed E-state index contributed by atoms with van der Waals surface area (Å²) in [5.41, 5.74) is 5.20. The minimum atomic E-state index is -0.0464. The number of amides is 1. The van der Waals surface area contributed by atoms with E-state index < -0.39 is 0 Å². The molecule has 1 fully saturated rings. The van der Waals surface area contributed by atoms with E-state index in [1.54, 1.807) is 18.8 Å². The fourth-order valence-electron chi connectivity index (χ4n) is 4.24. The maximum absolute atomic E-state index is 13.4. The first-order valence-electron chi connectivity index (χ1n) is 11.1. The number of ether oxygens (including phenoxy) is 2. The molecule has 1 aliphatic heterocycles. The molecule has 1 saturated heterocycles. The van der Waals surface area contributed by atoms with Crippen LogP contribution in [0.1, 0.15) is 28.1 Å². The summed E-state index contributed by atoms with van der Waals surface area (Å²) < 4.78 is 11.2. The minimum absolute atomic E-state index is 0.0357. The van der Waals surface area contributed by atoms with Gasteiger partial charge in [0.25, 0.3) is 5.91 Å². The van der Waals surface area contributed by atoms with E-state index in [1.165, 1.54) is 11.3 Å².